The molecule has 0 saturated carbocycles. The highest BCUT2D eigenvalue weighted by Crippen LogP contribution is 2.33. The number of aryl methyl sites for hydroxylation is 3. The molecule has 0 bridgehead atoms. The molecule has 0 N–H and O–H groups in total. The molecule has 3 heterocycles. The van der Waals surface area contributed by atoms with E-state index in [0.29, 0.717) is 11.8 Å². The Labute approximate surface area is 195 Å². The van der Waals surface area contributed by atoms with Gasteiger partial charge in [-0.3, -0.25) is 0 Å². The summed E-state index contributed by atoms with van der Waals surface area (Å²) in [7, 11) is 0. The van der Waals surface area contributed by atoms with Crippen molar-refractivity contribution in [2.45, 2.75) is 58.9 Å². The average molecular weight is 438 g/mol. The van der Waals surface area contributed by atoms with Gasteiger partial charge in [-0.25, -0.2) is 14.6 Å². The molecule has 2 aromatic heterocycles. The van der Waals surface area contributed by atoms with E-state index in [0.717, 1.165) is 48.0 Å². The molecule has 1 aliphatic rings. The third-order valence-corrected chi connectivity index (χ3v) is 6.53. The van der Waals surface area contributed by atoms with Gasteiger partial charge >= 0.3 is 0 Å². The molecule has 1 aliphatic heterocycles. The van der Waals surface area contributed by atoms with Gasteiger partial charge in [0.15, 0.2) is 5.82 Å². The van der Waals surface area contributed by atoms with Crippen LogP contribution < -0.4 is 0 Å². The van der Waals surface area contributed by atoms with Crippen LogP contribution in [0.25, 0.3) is 17.8 Å². The number of hydrogen-bond donors (Lipinski definition) is 0. The lowest BCUT2D eigenvalue weighted by Crippen LogP contribution is -2.18. The minimum Gasteiger partial charge on any atom is -0.306 e. The van der Waals surface area contributed by atoms with E-state index >= 15 is 0 Å². The molecule has 168 valence electrons. The molecule has 0 saturated heterocycles. The van der Waals surface area contributed by atoms with Crippen molar-refractivity contribution >= 4 is 12.2 Å². The number of rotatable bonds is 5. The molecule has 2 aromatic carbocycles. The van der Waals surface area contributed by atoms with Crippen LogP contribution in [0.5, 0.6) is 0 Å². The van der Waals surface area contributed by atoms with Crippen molar-refractivity contribution in [1.29, 1.82) is 0 Å². The quantitative estimate of drug-likeness (QED) is 0.368. The third kappa shape index (κ3) is 4.40. The van der Waals surface area contributed by atoms with E-state index in [1.807, 2.05) is 25.5 Å². The maximum atomic E-state index is 4.92. The maximum absolute atomic E-state index is 4.92. The monoisotopic (exact) mass is 437 g/mol. The van der Waals surface area contributed by atoms with Gasteiger partial charge in [0.05, 0.1) is 12.0 Å². The second-order valence-electron chi connectivity index (χ2n) is 9.37. The number of nitrogens with zero attached hydrogens (tertiary/aromatic N) is 5. The first-order valence-corrected chi connectivity index (χ1v) is 11.8. The van der Waals surface area contributed by atoms with E-state index in [1.165, 1.54) is 16.7 Å². The number of fused-ring (bicyclic) bond motifs is 1. The maximum Gasteiger partial charge on any atom is 0.174 e. The Morgan fingerprint density at radius 2 is 1.85 bits per heavy atom. The predicted octanol–water partition coefficient (Wildman–Crippen LogP) is 6.30. The number of imidazole rings is 1. The Bertz CT molecular complexity index is 1290. The fourth-order valence-corrected chi connectivity index (χ4v) is 4.66. The van der Waals surface area contributed by atoms with Crippen LogP contribution in [0, 0.1) is 13.8 Å². The zero-order valence-electron chi connectivity index (χ0n) is 19.9. The predicted molar refractivity (Wildman–Crippen MR) is 134 cm³/mol. The van der Waals surface area contributed by atoms with Crippen molar-refractivity contribution in [3.8, 4) is 5.69 Å². The number of aromatic nitrogens is 5. The summed E-state index contributed by atoms with van der Waals surface area (Å²) in [5.41, 5.74) is 7.23. The van der Waals surface area contributed by atoms with Gasteiger partial charge in [0.25, 0.3) is 0 Å². The molecule has 1 atom stereocenters. The van der Waals surface area contributed by atoms with Crippen LogP contribution in [0.1, 0.15) is 78.1 Å². The summed E-state index contributed by atoms with van der Waals surface area (Å²) >= 11 is 0. The van der Waals surface area contributed by atoms with E-state index < -0.39 is 0 Å². The Balaban J connectivity index is 1.37. The fraction of sp³-hybridized carbons (Fsp3) is 0.321. The second kappa shape index (κ2) is 8.81. The van der Waals surface area contributed by atoms with Crippen molar-refractivity contribution in [3.63, 3.8) is 0 Å². The van der Waals surface area contributed by atoms with E-state index in [4.69, 9.17) is 10.1 Å². The lowest BCUT2D eigenvalue weighted by atomic mass is 9.89. The molecule has 0 aliphatic carbocycles. The van der Waals surface area contributed by atoms with Crippen LogP contribution in [0.2, 0.25) is 0 Å². The normalized spacial score (nSPS) is 16.0. The van der Waals surface area contributed by atoms with E-state index in [-0.39, 0.29) is 0 Å². The summed E-state index contributed by atoms with van der Waals surface area (Å²) in [5, 5.41) is 4.78. The van der Waals surface area contributed by atoms with Gasteiger partial charge in [-0.1, -0.05) is 50.3 Å². The Kier molecular flexibility index (Phi) is 5.71. The van der Waals surface area contributed by atoms with E-state index in [9.17, 15) is 0 Å². The molecule has 4 aromatic rings. The summed E-state index contributed by atoms with van der Waals surface area (Å²) in [5.74, 6) is 2.73. The highest BCUT2D eigenvalue weighted by atomic mass is 15.4. The Hall–Kier alpha value is -3.47. The van der Waals surface area contributed by atoms with Gasteiger partial charge < -0.3 is 4.57 Å². The summed E-state index contributed by atoms with van der Waals surface area (Å²) in [4.78, 5) is 9.26. The summed E-state index contributed by atoms with van der Waals surface area (Å²) < 4.78 is 4.16. The highest BCUT2D eigenvalue weighted by molar-refractivity contribution is 5.68. The molecule has 0 fully saturated rings. The Morgan fingerprint density at radius 1 is 1.03 bits per heavy atom. The molecule has 0 radical (unpaired) electrons. The van der Waals surface area contributed by atoms with Crippen LogP contribution >= 0.6 is 0 Å². The zero-order valence-corrected chi connectivity index (χ0v) is 19.9. The smallest absolute Gasteiger partial charge is 0.174 e. The van der Waals surface area contributed by atoms with Crippen molar-refractivity contribution in [3.05, 3.63) is 94.6 Å². The van der Waals surface area contributed by atoms with Crippen molar-refractivity contribution in [1.82, 2.24) is 24.3 Å². The van der Waals surface area contributed by atoms with E-state index in [2.05, 4.69) is 83.5 Å². The first-order chi connectivity index (χ1) is 16.0. The number of hydrogen-bond acceptors (Lipinski definition) is 3. The van der Waals surface area contributed by atoms with Gasteiger partial charge in [-0.05, 0) is 73.1 Å². The largest absolute Gasteiger partial charge is 0.306 e. The lowest BCUT2D eigenvalue weighted by Gasteiger charge is -2.22. The van der Waals surface area contributed by atoms with Crippen LogP contribution in [0.15, 0.2) is 55.0 Å². The molecule has 0 unspecified atom stereocenters. The van der Waals surface area contributed by atoms with Crippen molar-refractivity contribution < 1.29 is 0 Å². The van der Waals surface area contributed by atoms with Crippen molar-refractivity contribution in [2.75, 3.05) is 0 Å². The van der Waals surface area contributed by atoms with Crippen molar-refractivity contribution in [2.24, 2.45) is 0 Å². The fourth-order valence-electron chi connectivity index (χ4n) is 4.66. The first kappa shape index (κ1) is 21.4. The van der Waals surface area contributed by atoms with E-state index in [1.54, 1.807) is 0 Å². The highest BCUT2D eigenvalue weighted by Gasteiger charge is 2.25. The molecular formula is C28H31N5. The Morgan fingerprint density at radius 3 is 2.55 bits per heavy atom. The summed E-state index contributed by atoms with van der Waals surface area (Å²) in [6.07, 6.45) is 10.3. The van der Waals surface area contributed by atoms with Gasteiger partial charge in [0.1, 0.15) is 5.82 Å². The average Bonchev–Trinajstić information content (AvgIpc) is 3.43. The molecule has 5 rings (SSSR count). The molecule has 33 heavy (non-hydrogen) atoms. The molecular weight excluding hydrogens is 406 g/mol. The summed E-state index contributed by atoms with van der Waals surface area (Å²) in [6.45, 7) is 9.54. The topological polar surface area (TPSA) is 48.5 Å². The van der Waals surface area contributed by atoms with Gasteiger partial charge in [0, 0.05) is 24.3 Å². The standard InChI is InChI=1S/C28H31N5/c1-19(2)23-9-11-24(12-10-23)25-6-5-15-33-28(25)30-27(31-33)14-8-22-7-13-26(20(3)16-22)32-17-21(4)29-18-32/h7-14,16-19,25H,5-6,15H2,1-4H3/b14-8+/t25-/m1/s1. The van der Waals surface area contributed by atoms with Crippen LogP contribution in [0.4, 0.5) is 0 Å². The number of benzene rings is 2. The van der Waals surface area contributed by atoms with Crippen LogP contribution in [0.3, 0.4) is 0 Å². The molecule has 0 spiro atoms. The second-order valence-corrected chi connectivity index (χ2v) is 9.37. The third-order valence-electron chi connectivity index (χ3n) is 6.53. The zero-order chi connectivity index (χ0) is 22.9. The minimum absolute atomic E-state index is 0.315. The van der Waals surface area contributed by atoms with Crippen LogP contribution in [-0.2, 0) is 6.54 Å². The van der Waals surface area contributed by atoms with Crippen LogP contribution in [-0.4, -0.2) is 24.3 Å². The SMILES string of the molecule is Cc1cn(-c2ccc(/C=C/c3nc4n(n3)CCC[C@@H]4c3ccc(C(C)C)cc3)cc2C)cn1. The summed E-state index contributed by atoms with van der Waals surface area (Å²) in [6, 6.07) is 15.5. The first-order valence-electron chi connectivity index (χ1n) is 11.8. The van der Waals surface area contributed by atoms with Gasteiger partial charge in [-0.15, -0.1) is 0 Å². The van der Waals surface area contributed by atoms with Gasteiger partial charge in [-0.2, -0.15) is 5.10 Å². The molecule has 5 nitrogen and oxygen atoms in total. The molecule has 5 heteroatoms. The molecule has 0 amide bonds. The lowest BCUT2D eigenvalue weighted by molar-refractivity contribution is 0.445. The van der Waals surface area contributed by atoms with Gasteiger partial charge in [0.2, 0.25) is 0 Å². The minimum atomic E-state index is 0.315.